The van der Waals surface area contributed by atoms with Gasteiger partial charge in [0.2, 0.25) is 0 Å². The Labute approximate surface area is 56.3 Å². The molecule has 0 aliphatic carbocycles. The molecule has 0 radical (unpaired) electrons. The van der Waals surface area contributed by atoms with Crippen LogP contribution in [-0.4, -0.2) is 25.1 Å². The quantitative estimate of drug-likeness (QED) is 0.682. The topological polar surface area (TPSA) is 43.1 Å². The molecule has 0 aromatic heterocycles. The van der Waals surface area contributed by atoms with E-state index in [1.807, 2.05) is 0 Å². The first-order valence-corrected chi connectivity index (χ1v) is 8.65. The average Bonchev–Trinajstić information content (AvgIpc) is 2.12. The van der Waals surface area contributed by atoms with Gasteiger partial charge in [0.05, 0.1) is 0 Å². The van der Waals surface area contributed by atoms with Gasteiger partial charge in [0.15, 0.2) is 0 Å². The van der Waals surface area contributed by atoms with Crippen molar-refractivity contribution in [1.29, 1.82) is 0 Å². The Kier molecular flexibility index (Phi) is 2.00. The van der Waals surface area contributed by atoms with Crippen molar-refractivity contribution >= 4 is 25.1 Å². The average molecular weight is 213 g/mol. The van der Waals surface area contributed by atoms with Gasteiger partial charge in [-0.1, -0.05) is 0 Å². The Morgan fingerprint density at radius 1 is 1.75 bits per heavy atom. The third-order valence-corrected chi connectivity index (χ3v) is 8.29. The summed E-state index contributed by atoms with van der Waals surface area (Å²) in [5.41, 5.74) is 5.10. The molecule has 1 amide bonds. The molecule has 0 saturated heterocycles. The van der Waals surface area contributed by atoms with Gasteiger partial charge < -0.3 is 0 Å². The van der Waals surface area contributed by atoms with Gasteiger partial charge in [-0.05, 0) is 0 Å². The van der Waals surface area contributed by atoms with Crippen LogP contribution < -0.4 is 5.73 Å². The zero-order chi connectivity index (χ0) is 5.98. The molecule has 1 aliphatic heterocycles. The van der Waals surface area contributed by atoms with Gasteiger partial charge in [-0.25, -0.2) is 0 Å². The molecule has 1 rings (SSSR count). The van der Waals surface area contributed by atoms with Crippen molar-refractivity contribution in [3.05, 3.63) is 9.91 Å². The van der Waals surface area contributed by atoms with Gasteiger partial charge in [0, 0.05) is 0 Å². The maximum absolute atomic E-state index is 10.5. The fourth-order valence-corrected chi connectivity index (χ4v) is 5.83. The van der Waals surface area contributed by atoms with E-state index < -0.39 is 21.4 Å². The number of allylic oxidation sites excluding steroid dienone is 1. The Hall–Kier alpha value is 0.0801. The molecule has 0 spiro atoms. The molecule has 2 N–H and O–H groups in total. The van der Waals surface area contributed by atoms with Gasteiger partial charge in [-0.2, -0.15) is 0 Å². The summed E-state index contributed by atoms with van der Waals surface area (Å²) in [4.78, 5) is 10.5. The second-order valence-electron chi connectivity index (χ2n) is 2.01. The molecule has 1 heterocycles. The van der Waals surface area contributed by atoms with Crippen LogP contribution in [0.2, 0.25) is 4.18 Å². The van der Waals surface area contributed by atoms with E-state index in [-0.39, 0.29) is 3.66 Å². The second kappa shape index (κ2) is 2.58. The molecule has 42 valence electrons. The van der Waals surface area contributed by atoms with Crippen LogP contribution in [-0.2, 0) is 0 Å². The number of rotatable bonds is 1. The summed E-state index contributed by atoms with van der Waals surface area (Å²) in [7, 11) is 0. The van der Waals surface area contributed by atoms with Crippen molar-refractivity contribution in [3.63, 3.8) is 0 Å². The van der Waals surface area contributed by atoms with Crippen molar-refractivity contribution in [2.24, 2.45) is 5.73 Å². The standard InChI is InChI=1S/C4H6.CH2NO.In/c1-3-4-2;2-1-3;/h1,3H,2,4H2;(H2,2,3);. The van der Waals surface area contributed by atoms with Crippen LogP contribution in [0, 0.1) is 0 Å². The Balaban J connectivity index is 2.48. The SMILES string of the molecule is N[C](=O)[In]1[CH]=CC[CH2]1. The van der Waals surface area contributed by atoms with Crippen LogP contribution in [0.4, 0.5) is 4.79 Å². The number of hydrogen-bond donors (Lipinski definition) is 1. The molecule has 0 fully saturated rings. The number of primary amides is 1. The van der Waals surface area contributed by atoms with Gasteiger partial charge in [-0.15, -0.1) is 0 Å². The second-order valence-corrected chi connectivity index (χ2v) is 9.85. The van der Waals surface area contributed by atoms with Crippen LogP contribution >= 0.6 is 0 Å². The fourth-order valence-electron chi connectivity index (χ4n) is 0.870. The molecule has 0 bridgehead atoms. The first kappa shape index (κ1) is 6.20. The van der Waals surface area contributed by atoms with Gasteiger partial charge in [0.1, 0.15) is 0 Å². The third kappa shape index (κ3) is 1.28. The van der Waals surface area contributed by atoms with E-state index in [9.17, 15) is 4.79 Å². The van der Waals surface area contributed by atoms with Crippen molar-refractivity contribution < 1.29 is 4.79 Å². The number of amides is 1. The molecule has 0 saturated carbocycles. The summed E-state index contributed by atoms with van der Waals surface area (Å²) in [6.07, 6.45) is 3.19. The Morgan fingerprint density at radius 2 is 2.50 bits per heavy atom. The van der Waals surface area contributed by atoms with Crippen LogP contribution in [0.3, 0.4) is 0 Å². The zero-order valence-electron chi connectivity index (χ0n) is 4.63. The summed E-state index contributed by atoms with van der Waals surface area (Å²) in [6, 6.07) is 0. The Bertz CT molecular complexity index is 132. The fraction of sp³-hybridized carbons (Fsp3) is 0.400. The van der Waals surface area contributed by atoms with Gasteiger partial charge >= 0.3 is 56.1 Å². The van der Waals surface area contributed by atoms with Crippen molar-refractivity contribution in [2.75, 3.05) is 0 Å². The van der Waals surface area contributed by atoms with E-state index in [4.69, 9.17) is 5.73 Å². The third-order valence-electron chi connectivity index (χ3n) is 1.38. The summed E-state index contributed by atoms with van der Waals surface area (Å²) in [6.45, 7) is 0. The monoisotopic (exact) mass is 213 g/mol. The Morgan fingerprint density at radius 3 is 2.75 bits per heavy atom. The molecule has 0 atom stereocenters. The molecule has 0 aromatic rings. The first-order chi connectivity index (χ1) is 3.80. The van der Waals surface area contributed by atoms with E-state index >= 15 is 0 Å². The van der Waals surface area contributed by atoms with Crippen molar-refractivity contribution in [1.82, 2.24) is 0 Å². The predicted molar refractivity (Wildman–Crippen MR) is 33.9 cm³/mol. The van der Waals surface area contributed by atoms with Crippen molar-refractivity contribution in [2.45, 2.75) is 10.6 Å². The number of carbonyl (C=O) groups is 1. The van der Waals surface area contributed by atoms with Crippen molar-refractivity contribution in [3.8, 4) is 0 Å². The molecule has 0 unspecified atom stereocenters. The minimum absolute atomic E-state index is 0.0144. The molecular formula is C5H8InNO. The minimum atomic E-state index is -1.82. The predicted octanol–water partition coefficient (Wildman–Crippen LogP) is 0.641. The molecular weight excluding hydrogens is 205 g/mol. The molecule has 2 nitrogen and oxygen atoms in total. The molecule has 1 aliphatic rings. The normalized spacial score (nSPS) is 17.2. The molecule has 0 aromatic carbocycles. The summed E-state index contributed by atoms with van der Waals surface area (Å²) >= 11 is -1.82. The summed E-state index contributed by atoms with van der Waals surface area (Å²) in [5.74, 6) is 0. The zero-order valence-corrected chi connectivity index (χ0v) is 7.93. The van der Waals surface area contributed by atoms with Crippen LogP contribution in [0.1, 0.15) is 6.42 Å². The number of nitrogens with two attached hydrogens (primary N) is 1. The van der Waals surface area contributed by atoms with E-state index in [1.54, 1.807) is 0 Å². The van der Waals surface area contributed by atoms with Gasteiger partial charge in [0.25, 0.3) is 0 Å². The molecule has 3 heteroatoms. The van der Waals surface area contributed by atoms with E-state index in [2.05, 4.69) is 9.91 Å². The van der Waals surface area contributed by atoms with E-state index in [1.165, 1.54) is 0 Å². The first-order valence-electron chi connectivity index (χ1n) is 2.76. The van der Waals surface area contributed by atoms with E-state index in [0.717, 1.165) is 10.6 Å². The summed E-state index contributed by atoms with van der Waals surface area (Å²) in [5, 5.41) is 0. The van der Waals surface area contributed by atoms with Crippen LogP contribution in [0.25, 0.3) is 0 Å². The van der Waals surface area contributed by atoms with E-state index in [0.29, 0.717) is 0 Å². The maximum atomic E-state index is 10.5. The van der Waals surface area contributed by atoms with Crippen LogP contribution in [0.5, 0.6) is 0 Å². The number of carbonyl (C=O) groups excluding carboxylic acids is 1. The van der Waals surface area contributed by atoms with Gasteiger partial charge in [-0.3, -0.25) is 0 Å². The molecule has 8 heavy (non-hydrogen) atoms. The number of hydrogen-bond acceptors (Lipinski definition) is 1. The summed E-state index contributed by atoms with van der Waals surface area (Å²) < 4.78 is 3.22. The van der Waals surface area contributed by atoms with Crippen LogP contribution in [0.15, 0.2) is 9.91 Å².